The van der Waals surface area contributed by atoms with Crippen LogP contribution in [0.25, 0.3) is 10.9 Å². The number of rotatable bonds is 2. The highest BCUT2D eigenvalue weighted by Gasteiger charge is 2.30. The molecule has 0 spiro atoms. The standard InChI is InChI=1S/C14H12F3NO2/c1-8-5-9(6-13(19)20-2)11-4-3-10(14(15,16)17)7-12(11)18-8/h3-5,7H,6H2,1-2H3. The molecule has 0 saturated heterocycles. The second-order valence-corrected chi connectivity index (χ2v) is 4.41. The number of hydrogen-bond donors (Lipinski definition) is 0. The molecule has 0 bridgehead atoms. The first-order valence-corrected chi connectivity index (χ1v) is 5.85. The first-order chi connectivity index (χ1) is 9.31. The molecule has 0 unspecified atom stereocenters. The zero-order valence-electron chi connectivity index (χ0n) is 10.9. The summed E-state index contributed by atoms with van der Waals surface area (Å²) in [6.45, 7) is 1.67. The summed E-state index contributed by atoms with van der Waals surface area (Å²) in [5.41, 5.74) is 0.620. The lowest BCUT2D eigenvalue weighted by molar-refractivity contribution is -0.140. The molecule has 0 aliphatic carbocycles. The number of esters is 1. The Balaban J connectivity index is 2.58. The van der Waals surface area contributed by atoms with Gasteiger partial charge in [-0.1, -0.05) is 6.07 Å². The first-order valence-electron chi connectivity index (χ1n) is 5.85. The second kappa shape index (κ2) is 5.11. The van der Waals surface area contributed by atoms with Gasteiger partial charge >= 0.3 is 12.1 Å². The molecule has 1 heterocycles. The predicted octanol–water partition coefficient (Wildman–Crippen LogP) is 3.28. The number of pyridine rings is 1. The molecule has 0 N–H and O–H groups in total. The SMILES string of the molecule is COC(=O)Cc1cc(C)nc2cc(C(F)(F)F)ccc12. The van der Waals surface area contributed by atoms with Crippen LogP contribution in [0.1, 0.15) is 16.8 Å². The van der Waals surface area contributed by atoms with Crippen LogP contribution in [-0.2, 0) is 22.1 Å². The molecule has 2 aromatic rings. The fraction of sp³-hybridized carbons (Fsp3) is 0.286. The second-order valence-electron chi connectivity index (χ2n) is 4.41. The van der Waals surface area contributed by atoms with Crippen molar-refractivity contribution in [3.05, 3.63) is 41.1 Å². The molecular formula is C14H12F3NO2. The van der Waals surface area contributed by atoms with E-state index in [1.807, 2.05) is 0 Å². The number of benzene rings is 1. The maximum absolute atomic E-state index is 12.7. The van der Waals surface area contributed by atoms with E-state index in [-0.39, 0.29) is 11.9 Å². The highest BCUT2D eigenvalue weighted by atomic mass is 19.4. The maximum atomic E-state index is 12.7. The Morgan fingerprint density at radius 3 is 2.60 bits per heavy atom. The molecule has 106 valence electrons. The predicted molar refractivity (Wildman–Crippen MR) is 67.2 cm³/mol. The van der Waals surface area contributed by atoms with Crippen molar-refractivity contribution in [2.24, 2.45) is 0 Å². The van der Waals surface area contributed by atoms with Crippen LogP contribution in [0.3, 0.4) is 0 Å². The highest BCUT2D eigenvalue weighted by molar-refractivity contribution is 5.87. The lowest BCUT2D eigenvalue weighted by Gasteiger charge is -2.10. The van der Waals surface area contributed by atoms with E-state index in [1.165, 1.54) is 13.2 Å². The molecule has 0 radical (unpaired) electrons. The van der Waals surface area contributed by atoms with Gasteiger partial charge < -0.3 is 4.74 Å². The van der Waals surface area contributed by atoms with E-state index in [2.05, 4.69) is 9.72 Å². The van der Waals surface area contributed by atoms with Crippen molar-refractivity contribution >= 4 is 16.9 Å². The van der Waals surface area contributed by atoms with Gasteiger partial charge in [-0.25, -0.2) is 0 Å². The zero-order valence-corrected chi connectivity index (χ0v) is 10.9. The Kier molecular flexibility index (Phi) is 3.65. The van der Waals surface area contributed by atoms with Gasteiger partial charge in [0.25, 0.3) is 0 Å². The van der Waals surface area contributed by atoms with E-state index < -0.39 is 17.7 Å². The van der Waals surface area contributed by atoms with Crippen molar-refractivity contribution in [1.29, 1.82) is 0 Å². The van der Waals surface area contributed by atoms with Crippen LogP contribution in [-0.4, -0.2) is 18.1 Å². The smallest absolute Gasteiger partial charge is 0.416 e. The molecule has 6 heteroatoms. The van der Waals surface area contributed by atoms with Gasteiger partial charge in [0, 0.05) is 11.1 Å². The number of halogens is 3. The molecule has 1 aromatic carbocycles. The minimum absolute atomic E-state index is 0.00171. The van der Waals surface area contributed by atoms with Crippen molar-refractivity contribution in [3.8, 4) is 0 Å². The molecule has 0 atom stereocenters. The van der Waals surface area contributed by atoms with Crippen molar-refractivity contribution in [1.82, 2.24) is 4.98 Å². The van der Waals surface area contributed by atoms with Crippen LogP contribution < -0.4 is 0 Å². The number of ether oxygens (including phenoxy) is 1. The summed E-state index contributed by atoms with van der Waals surface area (Å²) >= 11 is 0. The van der Waals surface area contributed by atoms with Crippen molar-refractivity contribution in [2.75, 3.05) is 7.11 Å². The lowest BCUT2D eigenvalue weighted by atomic mass is 10.0. The van der Waals surface area contributed by atoms with Crippen LogP contribution in [0.15, 0.2) is 24.3 Å². The fourth-order valence-corrected chi connectivity index (χ4v) is 2.00. The summed E-state index contributed by atoms with van der Waals surface area (Å²) in [4.78, 5) is 15.4. The molecule has 0 saturated carbocycles. The lowest BCUT2D eigenvalue weighted by Crippen LogP contribution is -2.07. The van der Waals surface area contributed by atoms with Crippen molar-refractivity contribution < 1.29 is 22.7 Å². The molecular weight excluding hydrogens is 271 g/mol. The number of aromatic nitrogens is 1. The Labute approximate surface area is 113 Å². The summed E-state index contributed by atoms with van der Waals surface area (Å²) in [6, 6.07) is 4.98. The highest BCUT2D eigenvalue weighted by Crippen LogP contribution is 2.32. The zero-order chi connectivity index (χ0) is 14.9. The number of fused-ring (bicyclic) bond motifs is 1. The van der Waals surface area contributed by atoms with Gasteiger partial charge in [0.1, 0.15) is 0 Å². The largest absolute Gasteiger partial charge is 0.469 e. The Hall–Kier alpha value is -2.11. The number of methoxy groups -OCH3 is 1. The quantitative estimate of drug-likeness (QED) is 0.794. The van der Waals surface area contributed by atoms with E-state index in [4.69, 9.17) is 0 Å². The average Bonchev–Trinajstić information content (AvgIpc) is 2.36. The van der Waals surface area contributed by atoms with Gasteiger partial charge in [-0.3, -0.25) is 9.78 Å². The van der Waals surface area contributed by atoms with Gasteiger partial charge in [0.05, 0.1) is 24.6 Å². The number of aryl methyl sites for hydroxylation is 1. The van der Waals surface area contributed by atoms with Crippen LogP contribution in [0.4, 0.5) is 13.2 Å². The Morgan fingerprint density at radius 2 is 2.00 bits per heavy atom. The van der Waals surface area contributed by atoms with E-state index >= 15 is 0 Å². The molecule has 0 fully saturated rings. The molecule has 3 nitrogen and oxygen atoms in total. The van der Waals surface area contributed by atoms with Gasteiger partial charge in [-0.2, -0.15) is 13.2 Å². The minimum atomic E-state index is -4.41. The van der Waals surface area contributed by atoms with E-state index in [1.54, 1.807) is 13.0 Å². The van der Waals surface area contributed by atoms with Crippen LogP contribution in [0.5, 0.6) is 0 Å². The maximum Gasteiger partial charge on any atom is 0.416 e. The molecule has 0 aliphatic heterocycles. The molecule has 2 rings (SSSR count). The number of alkyl halides is 3. The average molecular weight is 283 g/mol. The normalized spacial score (nSPS) is 11.7. The van der Waals surface area contributed by atoms with E-state index in [0.717, 1.165) is 12.1 Å². The van der Waals surface area contributed by atoms with Crippen molar-refractivity contribution in [2.45, 2.75) is 19.5 Å². The van der Waals surface area contributed by atoms with Gasteiger partial charge in [0.15, 0.2) is 0 Å². The van der Waals surface area contributed by atoms with Crippen LogP contribution in [0, 0.1) is 6.92 Å². The molecule has 0 aliphatic rings. The molecule has 0 amide bonds. The first kappa shape index (κ1) is 14.3. The van der Waals surface area contributed by atoms with Crippen LogP contribution in [0.2, 0.25) is 0 Å². The summed E-state index contributed by atoms with van der Waals surface area (Å²) < 4.78 is 42.6. The third kappa shape index (κ3) is 2.89. The summed E-state index contributed by atoms with van der Waals surface area (Å²) in [6.07, 6.45) is -4.41. The Bertz CT molecular complexity index is 665. The molecule has 20 heavy (non-hydrogen) atoms. The third-order valence-electron chi connectivity index (χ3n) is 2.91. The summed E-state index contributed by atoms with van der Waals surface area (Å²) in [7, 11) is 1.26. The summed E-state index contributed by atoms with van der Waals surface area (Å²) in [5.74, 6) is -0.447. The molecule has 1 aromatic heterocycles. The van der Waals surface area contributed by atoms with E-state index in [0.29, 0.717) is 16.6 Å². The third-order valence-corrected chi connectivity index (χ3v) is 2.91. The monoisotopic (exact) mass is 283 g/mol. The minimum Gasteiger partial charge on any atom is -0.469 e. The summed E-state index contributed by atoms with van der Waals surface area (Å²) in [5, 5.41) is 0.522. The number of nitrogens with zero attached hydrogens (tertiary/aromatic N) is 1. The van der Waals surface area contributed by atoms with Crippen LogP contribution >= 0.6 is 0 Å². The van der Waals surface area contributed by atoms with Gasteiger partial charge in [0.2, 0.25) is 0 Å². The van der Waals surface area contributed by atoms with E-state index in [9.17, 15) is 18.0 Å². The van der Waals surface area contributed by atoms with Gasteiger partial charge in [-0.05, 0) is 30.7 Å². The number of carbonyl (C=O) groups excluding carboxylic acids is 1. The van der Waals surface area contributed by atoms with Gasteiger partial charge in [-0.15, -0.1) is 0 Å². The fourth-order valence-electron chi connectivity index (χ4n) is 2.00. The Morgan fingerprint density at radius 1 is 1.30 bits per heavy atom. The van der Waals surface area contributed by atoms with Crippen molar-refractivity contribution in [3.63, 3.8) is 0 Å². The number of hydrogen-bond acceptors (Lipinski definition) is 3. The topological polar surface area (TPSA) is 39.2 Å². The number of carbonyl (C=O) groups is 1.